The van der Waals surface area contributed by atoms with Gasteiger partial charge in [0, 0.05) is 0 Å². The molecule has 0 radical (unpaired) electrons. The van der Waals surface area contributed by atoms with Crippen molar-refractivity contribution in [2.75, 3.05) is 0 Å². The summed E-state index contributed by atoms with van der Waals surface area (Å²) in [6.07, 6.45) is 10.6. The molecule has 0 aromatic rings. The Hall–Kier alpha value is -1.44. The monoisotopic (exact) mass is 136 g/mol. The number of allylic oxidation sites excluding steroid dienone is 6. The Kier molecular flexibility index (Phi) is 6.47. The summed E-state index contributed by atoms with van der Waals surface area (Å²) in [7, 11) is 0. The van der Waals surface area contributed by atoms with Crippen LogP contribution >= 0.6 is 0 Å². The fraction of sp³-hybridized carbons (Fsp3) is 0. The first-order valence-corrected chi connectivity index (χ1v) is 2.80. The molecular formula is C8H8O2. The number of rotatable bonds is 4. The van der Waals surface area contributed by atoms with Crippen molar-refractivity contribution in [3.63, 3.8) is 0 Å². The summed E-state index contributed by atoms with van der Waals surface area (Å²) in [6.45, 7) is 0. The minimum absolute atomic E-state index is 0.688. The highest BCUT2D eigenvalue weighted by molar-refractivity contribution is 5.66. The lowest BCUT2D eigenvalue weighted by atomic mass is 10.4. The molecule has 0 aliphatic carbocycles. The highest BCUT2D eigenvalue weighted by Gasteiger charge is 1.61. The van der Waals surface area contributed by atoms with Gasteiger partial charge in [0.05, 0.1) is 0 Å². The van der Waals surface area contributed by atoms with E-state index in [2.05, 4.69) is 0 Å². The first-order chi connectivity index (χ1) is 4.91. The van der Waals surface area contributed by atoms with Gasteiger partial charge >= 0.3 is 0 Å². The largest absolute Gasteiger partial charge is 0.299 e. The van der Waals surface area contributed by atoms with Gasteiger partial charge in [-0.15, -0.1) is 0 Å². The minimum atomic E-state index is 0.688. The van der Waals surface area contributed by atoms with Crippen molar-refractivity contribution in [1.29, 1.82) is 0 Å². The van der Waals surface area contributed by atoms with Gasteiger partial charge in [-0.25, -0.2) is 0 Å². The SMILES string of the molecule is O=CC=C/C=C/C=C/C=O. The summed E-state index contributed by atoms with van der Waals surface area (Å²) in [6, 6.07) is 0. The molecule has 0 unspecified atom stereocenters. The van der Waals surface area contributed by atoms with Crippen LogP contribution in [0.5, 0.6) is 0 Å². The van der Waals surface area contributed by atoms with Crippen molar-refractivity contribution >= 4 is 12.6 Å². The Balaban J connectivity index is 3.55. The van der Waals surface area contributed by atoms with Crippen LogP contribution in [0.4, 0.5) is 0 Å². The molecule has 0 aliphatic heterocycles. The molecule has 2 heteroatoms. The first kappa shape index (κ1) is 8.56. The first-order valence-electron chi connectivity index (χ1n) is 2.80. The van der Waals surface area contributed by atoms with Crippen LogP contribution < -0.4 is 0 Å². The van der Waals surface area contributed by atoms with Crippen LogP contribution in [-0.2, 0) is 9.59 Å². The molecule has 0 heterocycles. The number of carbonyl (C=O) groups is 2. The summed E-state index contributed by atoms with van der Waals surface area (Å²) in [5.41, 5.74) is 0. The van der Waals surface area contributed by atoms with Gasteiger partial charge < -0.3 is 0 Å². The average Bonchev–Trinajstić information content (AvgIpc) is 1.97. The molecule has 0 N–H and O–H groups in total. The van der Waals surface area contributed by atoms with Gasteiger partial charge in [0.1, 0.15) is 12.6 Å². The van der Waals surface area contributed by atoms with E-state index in [4.69, 9.17) is 0 Å². The van der Waals surface area contributed by atoms with Gasteiger partial charge in [0.15, 0.2) is 0 Å². The molecular weight excluding hydrogens is 128 g/mol. The third-order valence-electron chi connectivity index (χ3n) is 0.713. The van der Waals surface area contributed by atoms with Crippen molar-refractivity contribution in [2.24, 2.45) is 0 Å². The predicted octanol–water partition coefficient (Wildman–Crippen LogP) is 1.05. The second kappa shape index (κ2) is 7.56. The van der Waals surface area contributed by atoms with Crippen molar-refractivity contribution in [3.8, 4) is 0 Å². The van der Waals surface area contributed by atoms with E-state index >= 15 is 0 Å². The molecule has 2 nitrogen and oxygen atoms in total. The second-order valence-corrected chi connectivity index (χ2v) is 1.43. The maximum absolute atomic E-state index is 9.70. The normalized spacial score (nSPS) is 11.6. The lowest BCUT2D eigenvalue weighted by molar-refractivity contribution is -0.104. The smallest absolute Gasteiger partial charge is 0.142 e. The van der Waals surface area contributed by atoms with Crippen LogP contribution in [0, 0.1) is 0 Å². The summed E-state index contributed by atoms with van der Waals surface area (Å²) in [5, 5.41) is 0. The summed E-state index contributed by atoms with van der Waals surface area (Å²) in [4.78, 5) is 19.4. The highest BCUT2D eigenvalue weighted by Crippen LogP contribution is 1.76. The molecule has 0 atom stereocenters. The highest BCUT2D eigenvalue weighted by atomic mass is 16.1. The van der Waals surface area contributed by atoms with Crippen molar-refractivity contribution in [1.82, 2.24) is 0 Å². The van der Waals surface area contributed by atoms with Crippen LogP contribution in [-0.4, -0.2) is 12.6 Å². The standard InChI is InChI=1S/C8H8O2/c9-7-5-3-1-2-4-6-8-10/h1-8H/b2-1+,5-3+,6-4?. The van der Waals surface area contributed by atoms with Gasteiger partial charge in [-0.2, -0.15) is 0 Å². The van der Waals surface area contributed by atoms with Gasteiger partial charge in [-0.05, 0) is 12.2 Å². The topological polar surface area (TPSA) is 34.1 Å². The summed E-state index contributed by atoms with van der Waals surface area (Å²) < 4.78 is 0. The van der Waals surface area contributed by atoms with E-state index in [9.17, 15) is 9.59 Å². The van der Waals surface area contributed by atoms with E-state index in [1.54, 1.807) is 24.3 Å². The minimum Gasteiger partial charge on any atom is -0.299 e. The van der Waals surface area contributed by atoms with E-state index in [0.717, 1.165) is 0 Å². The Morgan fingerprint density at radius 2 is 0.800 bits per heavy atom. The fourth-order valence-corrected chi connectivity index (χ4v) is 0.347. The Bertz CT molecular complexity index is 156. The number of hydrogen-bond acceptors (Lipinski definition) is 2. The molecule has 0 fully saturated rings. The maximum Gasteiger partial charge on any atom is 0.142 e. The molecule has 0 saturated carbocycles. The lowest BCUT2D eigenvalue weighted by Gasteiger charge is -1.68. The zero-order valence-corrected chi connectivity index (χ0v) is 5.44. The molecule has 0 aromatic heterocycles. The van der Waals surface area contributed by atoms with Crippen molar-refractivity contribution in [2.45, 2.75) is 0 Å². The zero-order chi connectivity index (χ0) is 7.66. The van der Waals surface area contributed by atoms with Gasteiger partial charge in [-0.1, -0.05) is 24.3 Å². The summed E-state index contributed by atoms with van der Waals surface area (Å²) in [5.74, 6) is 0. The van der Waals surface area contributed by atoms with E-state index in [-0.39, 0.29) is 0 Å². The maximum atomic E-state index is 9.70. The number of carbonyl (C=O) groups excluding carboxylic acids is 2. The number of hydrogen-bond donors (Lipinski definition) is 0. The quantitative estimate of drug-likeness (QED) is 0.329. The van der Waals surface area contributed by atoms with Crippen molar-refractivity contribution < 1.29 is 9.59 Å². The fourth-order valence-electron chi connectivity index (χ4n) is 0.347. The molecule has 10 heavy (non-hydrogen) atoms. The van der Waals surface area contributed by atoms with Crippen LogP contribution in [0.3, 0.4) is 0 Å². The molecule has 0 aromatic carbocycles. The third kappa shape index (κ3) is 6.56. The Labute approximate surface area is 59.5 Å². The van der Waals surface area contributed by atoms with E-state index in [1.807, 2.05) is 0 Å². The van der Waals surface area contributed by atoms with E-state index < -0.39 is 0 Å². The molecule has 0 amide bonds. The van der Waals surface area contributed by atoms with Gasteiger partial charge in [0.2, 0.25) is 0 Å². The Morgan fingerprint density at radius 1 is 0.500 bits per heavy atom. The van der Waals surface area contributed by atoms with E-state index in [1.165, 1.54) is 12.2 Å². The van der Waals surface area contributed by atoms with Crippen molar-refractivity contribution in [3.05, 3.63) is 36.5 Å². The predicted molar refractivity (Wildman–Crippen MR) is 39.5 cm³/mol. The summed E-state index contributed by atoms with van der Waals surface area (Å²) >= 11 is 0. The molecule has 0 saturated heterocycles. The van der Waals surface area contributed by atoms with Crippen LogP contribution in [0.2, 0.25) is 0 Å². The third-order valence-corrected chi connectivity index (χ3v) is 0.713. The van der Waals surface area contributed by atoms with Crippen LogP contribution in [0.25, 0.3) is 0 Å². The zero-order valence-electron chi connectivity index (χ0n) is 5.44. The van der Waals surface area contributed by atoms with Gasteiger partial charge in [-0.3, -0.25) is 9.59 Å². The molecule has 0 aliphatic rings. The molecule has 0 rings (SSSR count). The molecule has 0 spiro atoms. The lowest BCUT2D eigenvalue weighted by Crippen LogP contribution is -1.57. The van der Waals surface area contributed by atoms with Gasteiger partial charge in [0.25, 0.3) is 0 Å². The molecule has 52 valence electrons. The number of aldehydes is 2. The van der Waals surface area contributed by atoms with Crippen LogP contribution in [0.1, 0.15) is 0 Å². The van der Waals surface area contributed by atoms with E-state index in [0.29, 0.717) is 12.6 Å². The molecule has 0 bridgehead atoms. The van der Waals surface area contributed by atoms with Crippen LogP contribution in [0.15, 0.2) is 36.5 Å². The second-order valence-electron chi connectivity index (χ2n) is 1.43. The Morgan fingerprint density at radius 3 is 1.10 bits per heavy atom. The average molecular weight is 136 g/mol.